The molecule has 1 N–H and O–H groups in total. The number of aryl methyl sites for hydroxylation is 2. The third-order valence-electron chi connectivity index (χ3n) is 4.38. The number of rotatable bonds is 5. The van der Waals surface area contributed by atoms with Crippen molar-refractivity contribution in [3.8, 4) is 0 Å². The van der Waals surface area contributed by atoms with E-state index in [0.29, 0.717) is 12.1 Å². The molecule has 0 aromatic carbocycles. The van der Waals surface area contributed by atoms with E-state index >= 15 is 0 Å². The molecule has 0 bridgehead atoms. The van der Waals surface area contributed by atoms with Crippen molar-refractivity contribution in [3.05, 3.63) is 33.0 Å². The molecule has 0 radical (unpaired) electrons. The van der Waals surface area contributed by atoms with Gasteiger partial charge in [0, 0.05) is 28.4 Å². The zero-order valence-corrected chi connectivity index (χ0v) is 15.0. The summed E-state index contributed by atoms with van der Waals surface area (Å²) in [5.74, 6) is 0. The van der Waals surface area contributed by atoms with E-state index in [1.807, 2.05) is 11.3 Å². The summed E-state index contributed by atoms with van der Waals surface area (Å²) in [5, 5.41) is 3.84. The van der Waals surface area contributed by atoms with Crippen LogP contribution in [0.15, 0.2) is 17.7 Å². The van der Waals surface area contributed by atoms with E-state index in [2.05, 4.69) is 57.0 Å². The Hall–Kier alpha value is -0.640. The van der Waals surface area contributed by atoms with Gasteiger partial charge in [-0.15, -0.1) is 11.3 Å². The van der Waals surface area contributed by atoms with E-state index in [4.69, 9.17) is 0 Å². The second kappa shape index (κ2) is 7.57. The molecule has 2 rings (SSSR count). The highest BCUT2D eigenvalue weighted by molar-refractivity contribution is 7.12. The van der Waals surface area contributed by atoms with Crippen molar-refractivity contribution in [3.63, 3.8) is 0 Å². The summed E-state index contributed by atoms with van der Waals surface area (Å²) in [6.45, 7) is 14.7. The molecule has 118 valence electrons. The molecule has 0 aliphatic carbocycles. The average molecular weight is 307 g/mol. The molecule has 1 aliphatic rings. The number of nitrogens with zero attached hydrogens (tertiary/aromatic N) is 1. The van der Waals surface area contributed by atoms with E-state index in [1.165, 1.54) is 46.8 Å². The predicted molar refractivity (Wildman–Crippen MR) is 94.2 cm³/mol. The molecule has 1 fully saturated rings. The van der Waals surface area contributed by atoms with Gasteiger partial charge < -0.3 is 5.32 Å². The molecule has 2 heterocycles. The van der Waals surface area contributed by atoms with Gasteiger partial charge in [0.1, 0.15) is 0 Å². The van der Waals surface area contributed by atoms with Gasteiger partial charge >= 0.3 is 0 Å². The van der Waals surface area contributed by atoms with Gasteiger partial charge in [-0.2, -0.15) is 0 Å². The van der Waals surface area contributed by atoms with Crippen molar-refractivity contribution in [1.29, 1.82) is 0 Å². The van der Waals surface area contributed by atoms with Gasteiger partial charge in [0.25, 0.3) is 0 Å². The first-order valence-electron chi connectivity index (χ1n) is 8.14. The Morgan fingerprint density at radius 3 is 2.57 bits per heavy atom. The van der Waals surface area contributed by atoms with Crippen LogP contribution in [0.1, 0.15) is 55.0 Å². The van der Waals surface area contributed by atoms with Crippen LogP contribution < -0.4 is 5.32 Å². The molecular weight excluding hydrogens is 276 g/mol. The molecule has 1 unspecified atom stereocenters. The van der Waals surface area contributed by atoms with E-state index in [-0.39, 0.29) is 0 Å². The number of likely N-dealkylation sites (tertiary alicyclic amines) is 1. The Balaban J connectivity index is 1.80. The van der Waals surface area contributed by atoms with Crippen molar-refractivity contribution in [2.75, 3.05) is 19.6 Å². The Bertz CT molecular complexity index is 477. The first-order valence-corrected chi connectivity index (χ1v) is 8.96. The Kier molecular flexibility index (Phi) is 6.03. The zero-order valence-electron chi connectivity index (χ0n) is 14.2. The third-order valence-corrected chi connectivity index (χ3v) is 5.36. The molecule has 1 aromatic heterocycles. The van der Waals surface area contributed by atoms with E-state index < -0.39 is 0 Å². The maximum atomic E-state index is 3.84. The normalized spacial score (nSPS) is 18.7. The van der Waals surface area contributed by atoms with Gasteiger partial charge in [0.05, 0.1) is 0 Å². The summed E-state index contributed by atoms with van der Waals surface area (Å²) in [6, 6.07) is 3.49. The highest BCUT2D eigenvalue weighted by Gasteiger charge is 2.21. The molecule has 0 amide bonds. The van der Waals surface area contributed by atoms with Crippen LogP contribution in [0.25, 0.3) is 0 Å². The van der Waals surface area contributed by atoms with E-state index in [9.17, 15) is 0 Å². The predicted octanol–water partition coefficient (Wildman–Crippen LogP) is 4.45. The quantitative estimate of drug-likeness (QED) is 0.809. The Morgan fingerprint density at radius 1 is 1.38 bits per heavy atom. The Morgan fingerprint density at radius 2 is 2.05 bits per heavy atom. The molecule has 0 saturated carbocycles. The molecule has 1 saturated heterocycles. The topological polar surface area (TPSA) is 15.3 Å². The smallest absolute Gasteiger partial charge is 0.0305 e. The van der Waals surface area contributed by atoms with Crippen LogP contribution in [0, 0.1) is 13.8 Å². The zero-order chi connectivity index (χ0) is 15.4. The largest absolute Gasteiger partial charge is 0.307 e. The van der Waals surface area contributed by atoms with Gasteiger partial charge in [0.15, 0.2) is 0 Å². The van der Waals surface area contributed by atoms with E-state index in [0.717, 1.165) is 6.54 Å². The molecule has 1 aromatic rings. The molecular formula is C18H30N2S. The Labute approximate surface area is 134 Å². The van der Waals surface area contributed by atoms with Gasteiger partial charge in [-0.3, -0.25) is 4.90 Å². The van der Waals surface area contributed by atoms with Crippen LogP contribution >= 0.6 is 11.3 Å². The summed E-state index contributed by atoms with van der Waals surface area (Å²) in [6.07, 6.45) is 4.88. The van der Waals surface area contributed by atoms with Gasteiger partial charge in [-0.05, 0) is 72.2 Å². The maximum absolute atomic E-state index is 3.84. The third kappa shape index (κ3) is 4.94. The SMILES string of the molecule is CC(C)=CCN1CCC(NC(C)c2cc(C)sc2C)CC1. The molecule has 21 heavy (non-hydrogen) atoms. The van der Waals surface area contributed by atoms with Crippen molar-refractivity contribution >= 4 is 11.3 Å². The minimum Gasteiger partial charge on any atom is -0.307 e. The number of thiophene rings is 1. The first kappa shape index (κ1) is 16.7. The fourth-order valence-corrected chi connectivity index (χ4v) is 4.14. The van der Waals surface area contributed by atoms with Crippen molar-refractivity contribution < 1.29 is 0 Å². The number of hydrogen-bond donors (Lipinski definition) is 1. The first-order chi connectivity index (χ1) is 9.95. The summed E-state index contributed by atoms with van der Waals surface area (Å²) in [4.78, 5) is 5.46. The second-order valence-electron chi connectivity index (χ2n) is 6.61. The van der Waals surface area contributed by atoms with Gasteiger partial charge in [-0.1, -0.05) is 11.6 Å². The van der Waals surface area contributed by atoms with Crippen LogP contribution in [0.5, 0.6) is 0 Å². The molecule has 1 atom stereocenters. The van der Waals surface area contributed by atoms with Gasteiger partial charge in [-0.25, -0.2) is 0 Å². The minimum atomic E-state index is 0.476. The number of piperidine rings is 1. The lowest BCUT2D eigenvalue weighted by atomic mass is 10.0. The summed E-state index contributed by atoms with van der Waals surface area (Å²) in [7, 11) is 0. The lowest BCUT2D eigenvalue weighted by Crippen LogP contribution is -2.43. The lowest BCUT2D eigenvalue weighted by Gasteiger charge is -2.33. The summed E-state index contributed by atoms with van der Waals surface area (Å²) < 4.78 is 0. The van der Waals surface area contributed by atoms with Crippen molar-refractivity contribution in [2.45, 2.75) is 59.5 Å². The fraction of sp³-hybridized carbons (Fsp3) is 0.667. The second-order valence-corrected chi connectivity index (χ2v) is 8.07. The number of hydrogen-bond acceptors (Lipinski definition) is 3. The lowest BCUT2D eigenvalue weighted by molar-refractivity contribution is 0.208. The number of allylic oxidation sites excluding steroid dienone is 1. The summed E-state index contributed by atoms with van der Waals surface area (Å²) in [5.41, 5.74) is 2.91. The maximum Gasteiger partial charge on any atom is 0.0305 e. The van der Waals surface area contributed by atoms with Crippen molar-refractivity contribution in [2.24, 2.45) is 0 Å². The van der Waals surface area contributed by atoms with Crippen LogP contribution in [-0.4, -0.2) is 30.6 Å². The van der Waals surface area contributed by atoms with Crippen LogP contribution in [-0.2, 0) is 0 Å². The minimum absolute atomic E-state index is 0.476. The molecule has 2 nitrogen and oxygen atoms in total. The van der Waals surface area contributed by atoms with Crippen LogP contribution in [0.4, 0.5) is 0 Å². The average Bonchev–Trinajstić information content (AvgIpc) is 2.77. The molecule has 1 aliphatic heterocycles. The number of nitrogens with one attached hydrogen (secondary N) is 1. The summed E-state index contributed by atoms with van der Waals surface area (Å²) >= 11 is 1.91. The fourth-order valence-electron chi connectivity index (χ4n) is 3.12. The van der Waals surface area contributed by atoms with Gasteiger partial charge in [0.2, 0.25) is 0 Å². The van der Waals surface area contributed by atoms with Crippen LogP contribution in [0.2, 0.25) is 0 Å². The molecule has 0 spiro atoms. The van der Waals surface area contributed by atoms with Crippen molar-refractivity contribution in [1.82, 2.24) is 10.2 Å². The monoisotopic (exact) mass is 306 g/mol. The standard InChI is InChI=1S/C18H30N2S/c1-13(2)6-9-20-10-7-17(8-11-20)19-15(4)18-12-14(3)21-16(18)5/h6,12,15,17,19H,7-11H2,1-5H3. The highest BCUT2D eigenvalue weighted by Crippen LogP contribution is 2.27. The highest BCUT2D eigenvalue weighted by atomic mass is 32.1. The van der Waals surface area contributed by atoms with E-state index in [1.54, 1.807) is 0 Å². The van der Waals surface area contributed by atoms with Crippen LogP contribution in [0.3, 0.4) is 0 Å². The molecule has 3 heteroatoms.